The SMILES string of the molecule is C#C.C1CSCO1.CO.Nc1ccnc(=O)[nH]1. The second kappa shape index (κ2) is 14.5. The summed E-state index contributed by atoms with van der Waals surface area (Å²) in [5.41, 5.74) is 4.75. The van der Waals surface area contributed by atoms with E-state index in [0.29, 0.717) is 5.82 Å². The first kappa shape index (κ1) is 17.9. The van der Waals surface area contributed by atoms with Crippen LogP contribution < -0.4 is 11.4 Å². The summed E-state index contributed by atoms with van der Waals surface area (Å²) < 4.78 is 4.91. The molecule has 1 aromatic heterocycles. The number of aromatic amines is 1. The zero-order valence-corrected chi connectivity index (χ0v) is 10.4. The highest BCUT2D eigenvalue weighted by atomic mass is 32.2. The van der Waals surface area contributed by atoms with E-state index in [-0.39, 0.29) is 0 Å². The summed E-state index contributed by atoms with van der Waals surface area (Å²) in [6, 6.07) is 1.52. The van der Waals surface area contributed by atoms with E-state index < -0.39 is 5.69 Å². The van der Waals surface area contributed by atoms with Gasteiger partial charge in [0.05, 0.1) is 12.5 Å². The molecule has 0 bridgehead atoms. The molecule has 0 amide bonds. The Labute approximate surface area is 105 Å². The summed E-state index contributed by atoms with van der Waals surface area (Å²) in [4.78, 5) is 15.9. The molecule has 7 heteroatoms. The Morgan fingerprint density at radius 2 is 2.24 bits per heavy atom. The minimum absolute atomic E-state index is 0.338. The average molecular weight is 259 g/mol. The van der Waals surface area contributed by atoms with E-state index >= 15 is 0 Å². The molecule has 6 nitrogen and oxygen atoms in total. The van der Waals surface area contributed by atoms with Crippen LogP contribution in [0.3, 0.4) is 0 Å². The summed E-state index contributed by atoms with van der Waals surface area (Å²) >= 11 is 1.85. The Hall–Kier alpha value is -1.49. The van der Waals surface area contributed by atoms with Gasteiger partial charge in [0.25, 0.3) is 0 Å². The van der Waals surface area contributed by atoms with Gasteiger partial charge in [-0.1, -0.05) is 0 Å². The lowest BCUT2D eigenvalue weighted by atomic mass is 10.6. The highest BCUT2D eigenvalue weighted by Crippen LogP contribution is 2.06. The number of anilines is 1. The first-order valence-corrected chi connectivity index (χ1v) is 5.69. The summed E-state index contributed by atoms with van der Waals surface area (Å²) in [6.07, 6.45) is 9.36. The molecule has 0 atom stereocenters. The van der Waals surface area contributed by atoms with Crippen LogP contribution in [0, 0.1) is 12.8 Å². The van der Waals surface area contributed by atoms with Crippen molar-refractivity contribution in [1.82, 2.24) is 9.97 Å². The summed E-state index contributed by atoms with van der Waals surface area (Å²) in [7, 11) is 1.00. The van der Waals surface area contributed by atoms with Crippen LogP contribution in [0.1, 0.15) is 0 Å². The van der Waals surface area contributed by atoms with Crippen molar-refractivity contribution in [2.24, 2.45) is 0 Å². The van der Waals surface area contributed by atoms with Crippen molar-refractivity contribution >= 4 is 17.6 Å². The first-order chi connectivity index (χ1) is 8.29. The summed E-state index contributed by atoms with van der Waals surface area (Å²) in [6.45, 7) is 0.963. The highest BCUT2D eigenvalue weighted by molar-refractivity contribution is 7.99. The number of aliphatic hydroxyl groups is 1. The van der Waals surface area contributed by atoms with Crippen LogP contribution in [-0.4, -0.2) is 40.5 Å². The fraction of sp³-hybridized carbons (Fsp3) is 0.400. The fourth-order valence-electron chi connectivity index (χ4n) is 0.677. The van der Waals surface area contributed by atoms with Gasteiger partial charge in [-0.25, -0.2) is 9.78 Å². The number of rotatable bonds is 0. The highest BCUT2D eigenvalue weighted by Gasteiger charge is 1.94. The maximum Gasteiger partial charge on any atom is 0.346 e. The summed E-state index contributed by atoms with van der Waals surface area (Å²) in [5.74, 6) is 2.45. The molecule has 0 spiro atoms. The summed E-state index contributed by atoms with van der Waals surface area (Å²) in [5, 5.41) is 7.00. The second-order valence-corrected chi connectivity index (χ2v) is 3.32. The van der Waals surface area contributed by atoms with Crippen molar-refractivity contribution in [3.05, 3.63) is 22.7 Å². The number of nitrogens with one attached hydrogen (secondary N) is 1. The molecule has 0 unspecified atom stereocenters. The molecule has 0 aromatic carbocycles. The quantitative estimate of drug-likeness (QED) is 0.563. The van der Waals surface area contributed by atoms with E-state index in [1.54, 1.807) is 0 Å². The Morgan fingerprint density at radius 1 is 1.59 bits per heavy atom. The number of H-pyrrole nitrogens is 1. The topological polar surface area (TPSA) is 101 Å². The number of nitrogen functional groups attached to an aromatic ring is 1. The number of aliphatic hydroxyl groups excluding tert-OH is 1. The molecular formula is C10H17N3O3S. The average Bonchev–Trinajstić information content (AvgIpc) is 2.93. The molecule has 0 radical (unpaired) electrons. The smallest absolute Gasteiger partial charge is 0.346 e. The number of nitrogens with zero attached hydrogens (tertiary/aromatic N) is 1. The van der Waals surface area contributed by atoms with Gasteiger partial charge in [-0.2, -0.15) is 0 Å². The van der Waals surface area contributed by atoms with Crippen LogP contribution in [0.5, 0.6) is 0 Å². The fourth-order valence-corrected chi connectivity index (χ4v) is 1.27. The molecule has 1 fully saturated rings. The molecule has 2 rings (SSSR count). The van der Waals surface area contributed by atoms with Crippen LogP contribution in [0.15, 0.2) is 17.1 Å². The minimum Gasteiger partial charge on any atom is -0.400 e. The van der Waals surface area contributed by atoms with Crippen molar-refractivity contribution in [2.75, 3.05) is 31.1 Å². The Morgan fingerprint density at radius 3 is 2.47 bits per heavy atom. The van der Waals surface area contributed by atoms with Gasteiger partial charge >= 0.3 is 5.69 Å². The lowest BCUT2D eigenvalue weighted by Gasteiger charge is -1.84. The predicted octanol–water partition coefficient (Wildman–Crippen LogP) is -0.0827. The van der Waals surface area contributed by atoms with Gasteiger partial charge in [0.1, 0.15) is 5.82 Å². The number of aromatic nitrogens is 2. The minimum atomic E-state index is -0.412. The number of terminal acetylenes is 1. The third-order valence-electron chi connectivity index (χ3n) is 1.24. The van der Waals surface area contributed by atoms with Crippen LogP contribution in [0.4, 0.5) is 5.82 Å². The van der Waals surface area contributed by atoms with Gasteiger partial charge in [-0.05, 0) is 6.07 Å². The van der Waals surface area contributed by atoms with Crippen LogP contribution in [0.2, 0.25) is 0 Å². The van der Waals surface area contributed by atoms with E-state index in [2.05, 4.69) is 22.8 Å². The van der Waals surface area contributed by atoms with Gasteiger partial charge in [0.15, 0.2) is 0 Å². The molecule has 0 aliphatic carbocycles. The van der Waals surface area contributed by atoms with Crippen molar-refractivity contribution < 1.29 is 9.84 Å². The Balaban J connectivity index is 0. The van der Waals surface area contributed by atoms with Gasteiger partial charge in [0, 0.05) is 19.1 Å². The molecule has 4 N–H and O–H groups in total. The lowest BCUT2D eigenvalue weighted by molar-refractivity contribution is 0.217. The van der Waals surface area contributed by atoms with Crippen molar-refractivity contribution in [1.29, 1.82) is 0 Å². The largest absolute Gasteiger partial charge is 0.400 e. The monoisotopic (exact) mass is 259 g/mol. The van der Waals surface area contributed by atoms with Gasteiger partial charge in [-0.3, -0.25) is 4.98 Å². The van der Waals surface area contributed by atoms with Crippen LogP contribution in [-0.2, 0) is 4.74 Å². The predicted molar refractivity (Wildman–Crippen MR) is 70.6 cm³/mol. The standard InChI is InChI=1S/C4H5N3O.C3H6OS.C2H2.CH4O/c5-3-1-2-6-4(8)7-3;1-2-5-3-4-1;2*1-2/h1-2H,(H3,5,6,7,8);1-3H2;1-2H;2H,1H3. The number of hydrogen-bond acceptors (Lipinski definition) is 6. The number of nitrogens with two attached hydrogens (primary N) is 1. The normalized spacial score (nSPS) is 11.8. The van der Waals surface area contributed by atoms with E-state index in [0.717, 1.165) is 19.7 Å². The Bertz CT molecular complexity index is 329. The van der Waals surface area contributed by atoms with Crippen molar-refractivity contribution in [2.45, 2.75) is 0 Å². The van der Waals surface area contributed by atoms with E-state index in [9.17, 15) is 4.79 Å². The van der Waals surface area contributed by atoms with Crippen LogP contribution in [0.25, 0.3) is 0 Å². The lowest BCUT2D eigenvalue weighted by Crippen LogP contribution is -2.10. The molecule has 1 aliphatic rings. The number of hydrogen-bond donors (Lipinski definition) is 3. The number of thioether (sulfide) groups is 1. The van der Waals surface area contributed by atoms with Gasteiger partial charge in [-0.15, -0.1) is 24.6 Å². The molecule has 17 heavy (non-hydrogen) atoms. The van der Waals surface area contributed by atoms with Gasteiger partial charge in [0.2, 0.25) is 0 Å². The zero-order valence-electron chi connectivity index (χ0n) is 9.63. The van der Waals surface area contributed by atoms with E-state index in [1.165, 1.54) is 18.0 Å². The Kier molecular flexibility index (Phi) is 15.3. The maximum atomic E-state index is 10.2. The maximum absolute atomic E-state index is 10.2. The van der Waals surface area contributed by atoms with Crippen molar-refractivity contribution in [3.63, 3.8) is 0 Å². The number of ether oxygens (including phenoxy) is 1. The van der Waals surface area contributed by atoms with Gasteiger partial charge < -0.3 is 15.6 Å². The van der Waals surface area contributed by atoms with Crippen LogP contribution >= 0.6 is 11.8 Å². The van der Waals surface area contributed by atoms with E-state index in [4.69, 9.17) is 15.6 Å². The third kappa shape index (κ3) is 12.4. The van der Waals surface area contributed by atoms with Crippen molar-refractivity contribution in [3.8, 4) is 12.8 Å². The molecule has 0 saturated carbocycles. The first-order valence-electron chi connectivity index (χ1n) is 4.53. The zero-order chi connectivity index (χ0) is 13.5. The second-order valence-electron chi connectivity index (χ2n) is 2.26. The molecular weight excluding hydrogens is 242 g/mol. The molecule has 96 valence electrons. The molecule has 1 aromatic rings. The molecule has 1 saturated heterocycles. The molecule has 1 aliphatic heterocycles. The van der Waals surface area contributed by atoms with E-state index in [1.807, 2.05) is 11.8 Å². The molecule has 2 heterocycles. The third-order valence-corrected chi connectivity index (χ3v) is 2.02.